The molecule has 5 aliphatic carbocycles. The Hall–Kier alpha value is -3.38. The number of hydrogen-bond donors (Lipinski definition) is 0. The SMILES string of the molecule is CC1C=c2c(C3=CC=C4C=CC=CC4C3)c3ccccc3c(C3=CC4=CC=CCC4CC3)c2=CC1. The minimum absolute atomic E-state index is 0.489. The van der Waals surface area contributed by atoms with Crippen LogP contribution >= 0.6 is 0 Å². The molecule has 35 heavy (non-hydrogen) atoms. The van der Waals surface area contributed by atoms with Gasteiger partial charge in [0.15, 0.2) is 0 Å². The minimum Gasteiger partial charge on any atom is -0.0839 e. The summed E-state index contributed by atoms with van der Waals surface area (Å²) in [6.45, 7) is 2.36. The molecule has 0 spiro atoms. The van der Waals surface area contributed by atoms with Crippen molar-refractivity contribution in [3.8, 4) is 0 Å². The molecule has 0 fully saturated rings. The van der Waals surface area contributed by atoms with E-state index in [0.717, 1.165) is 12.8 Å². The van der Waals surface area contributed by atoms with Gasteiger partial charge in [-0.25, -0.2) is 0 Å². The number of fused-ring (bicyclic) bond motifs is 4. The van der Waals surface area contributed by atoms with E-state index in [2.05, 4.69) is 104 Å². The molecule has 3 unspecified atom stereocenters. The molecule has 0 bridgehead atoms. The van der Waals surface area contributed by atoms with Gasteiger partial charge in [0.05, 0.1) is 0 Å². The first-order valence-electron chi connectivity index (χ1n) is 13.4. The molecule has 0 N–H and O–H groups in total. The van der Waals surface area contributed by atoms with E-state index >= 15 is 0 Å². The van der Waals surface area contributed by atoms with E-state index in [4.69, 9.17) is 0 Å². The number of rotatable bonds is 2. The molecule has 0 aromatic heterocycles. The molecule has 0 heteroatoms. The molecule has 2 aromatic carbocycles. The van der Waals surface area contributed by atoms with E-state index in [1.165, 1.54) is 73.9 Å². The van der Waals surface area contributed by atoms with Crippen LogP contribution in [0.3, 0.4) is 0 Å². The Balaban J connectivity index is 1.51. The van der Waals surface area contributed by atoms with Gasteiger partial charge in [0, 0.05) is 5.92 Å². The van der Waals surface area contributed by atoms with Crippen molar-refractivity contribution in [1.29, 1.82) is 0 Å². The van der Waals surface area contributed by atoms with E-state index in [1.54, 1.807) is 0 Å². The van der Waals surface area contributed by atoms with Crippen molar-refractivity contribution in [2.75, 3.05) is 0 Å². The summed E-state index contributed by atoms with van der Waals surface area (Å²) >= 11 is 0. The van der Waals surface area contributed by atoms with Gasteiger partial charge in [-0.15, -0.1) is 0 Å². The lowest BCUT2D eigenvalue weighted by Gasteiger charge is -2.29. The van der Waals surface area contributed by atoms with Crippen molar-refractivity contribution < 1.29 is 0 Å². The fourth-order valence-electron chi connectivity index (χ4n) is 6.81. The molecule has 0 heterocycles. The number of hydrogen-bond acceptors (Lipinski definition) is 0. The second kappa shape index (κ2) is 8.38. The molecule has 0 saturated heterocycles. The van der Waals surface area contributed by atoms with Gasteiger partial charge in [0.2, 0.25) is 0 Å². The molecule has 0 amide bonds. The van der Waals surface area contributed by atoms with Crippen molar-refractivity contribution in [1.82, 2.24) is 0 Å². The molecular weight excluding hydrogens is 420 g/mol. The lowest BCUT2D eigenvalue weighted by Crippen LogP contribution is -2.36. The second-order valence-corrected chi connectivity index (χ2v) is 10.9. The van der Waals surface area contributed by atoms with Crippen LogP contribution in [0.5, 0.6) is 0 Å². The first kappa shape index (κ1) is 20.9. The van der Waals surface area contributed by atoms with Crippen LogP contribution in [0, 0.1) is 17.8 Å². The largest absolute Gasteiger partial charge is 0.0839 e. The maximum absolute atomic E-state index is 2.56. The summed E-state index contributed by atoms with van der Waals surface area (Å²) in [6, 6.07) is 9.20. The van der Waals surface area contributed by atoms with E-state index in [9.17, 15) is 0 Å². The third-order valence-electron chi connectivity index (χ3n) is 8.59. The van der Waals surface area contributed by atoms with Crippen LogP contribution < -0.4 is 10.4 Å². The summed E-state index contributed by atoms with van der Waals surface area (Å²) in [7, 11) is 0. The Morgan fingerprint density at radius 2 is 1.66 bits per heavy atom. The molecular formula is C35H32. The molecule has 0 saturated carbocycles. The highest BCUT2D eigenvalue weighted by Gasteiger charge is 2.26. The zero-order valence-electron chi connectivity index (χ0n) is 20.5. The molecule has 0 radical (unpaired) electrons. The Kier molecular flexibility index (Phi) is 5.02. The lowest BCUT2D eigenvalue weighted by atomic mass is 9.75. The Labute approximate surface area is 208 Å². The zero-order chi connectivity index (χ0) is 23.4. The van der Waals surface area contributed by atoms with Gasteiger partial charge in [-0.1, -0.05) is 104 Å². The van der Waals surface area contributed by atoms with E-state index < -0.39 is 0 Å². The summed E-state index contributed by atoms with van der Waals surface area (Å²) in [4.78, 5) is 0. The van der Waals surface area contributed by atoms with Crippen LogP contribution in [-0.2, 0) is 0 Å². The molecule has 0 aliphatic heterocycles. The smallest absolute Gasteiger partial charge is 0.00617 e. The van der Waals surface area contributed by atoms with E-state index in [0.29, 0.717) is 17.8 Å². The predicted molar refractivity (Wildman–Crippen MR) is 151 cm³/mol. The number of benzene rings is 2. The van der Waals surface area contributed by atoms with Crippen molar-refractivity contribution in [2.24, 2.45) is 17.8 Å². The Morgan fingerprint density at radius 1 is 0.800 bits per heavy atom. The molecule has 5 aliphatic rings. The van der Waals surface area contributed by atoms with Gasteiger partial charge in [0.25, 0.3) is 0 Å². The van der Waals surface area contributed by atoms with Crippen LogP contribution in [0.15, 0.2) is 96.2 Å². The third kappa shape index (κ3) is 3.50. The monoisotopic (exact) mass is 452 g/mol. The summed E-state index contributed by atoms with van der Waals surface area (Å²) in [5.74, 6) is 1.76. The van der Waals surface area contributed by atoms with E-state index in [1.807, 2.05) is 0 Å². The first-order chi connectivity index (χ1) is 17.3. The molecule has 3 atom stereocenters. The van der Waals surface area contributed by atoms with Gasteiger partial charge in [0.1, 0.15) is 0 Å². The van der Waals surface area contributed by atoms with Crippen molar-refractivity contribution in [2.45, 2.75) is 39.0 Å². The maximum Gasteiger partial charge on any atom is 0.00617 e. The van der Waals surface area contributed by atoms with Crippen molar-refractivity contribution >= 4 is 34.1 Å². The normalized spacial score (nSPS) is 26.4. The lowest BCUT2D eigenvalue weighted by molar-refractivity contribution is 0.572. The Bertz CT molecular complexity index is 1570. The Morgan fingerprint density at radius 3 is 2.54 bits per heavy atom. The zero-order valence-corrected chi connectivity index (χ0v) is 20.5. The van der Waals surface area contributed by atoms with Crippen LogP contribution in [0.4, 0.5) is 0 Å². The third-order valence-corrected chi connectivity index (χ3v) is 8.59. The fourth-order valence-corrected chi connectivity index (χ4v) is 6.81. The fraction of sp³-hybridized carbons (Fsp3) is 0.257. The summed E-state index contributed by atoms with van der Waals surface area (Å²) in [5, 5.41) is 5.78. The van der Waals surface area contributed by atoms with Crippen molar-refractivity contribution in [3.63, 3.8) is 0 Å². The summed E-state index contributed by atoms with van der Waals surface area (Å²) in [5.41, 5.74) is 8.93. The average molecular weight is 453 g/mol. The van der Waals surface area contributed by atoms with Gasteiger partial charge < -0.3 is 0 Å². The molecule has 2 aromatic rings. The quantitative estimate of drug-likeness (QED) is 0.441. The van der Waals surface area contributed by atoms with E-state index in [-0.39, 0.29) is 0 Å². The standard InChI is InChI=1S/C35H32/c1-23-14-19-32-33(20-23)35(29-18-16-25-9-3-5-11-27(25)22-29)31-13-7-6-12-30(31)34(32)28-17-15-24-8-2-4-10-26(24)21-28/h2-7,9-13,16,18-21,23-24,27H,8,14-15,17,22H2,1H3. The molecule has 7 rings (SSSR count). The summed E-state index contributed by atoms with van der Waals surface area (Å²) in [6.07, 6.45) is 34.1. The van der Waals surface area contributed by atoms with Crippen LogP contribution in [0.2, 0.25) is 0 Å². The molecule has 172 valence electrons. The number of allylic oxidation sites excluding steroid dienone is 14. The van der Waals surface area contributed by atoms with Crippen LogP contribution in [0.1, 0.15) is 50.2 Å². The first-order valence-corrected chi connectivity index (χ1v) is 13.4. The van der Waals surface area contributed by atoms with Gasteiger partial charge in [-0.3, -0.25) is 0 Å². The van der Waals surface area contributed by atoms with Gasteiger partial charge in [-0.05, 0) is 98.6 Å². The van der Waals surface area contributed by atoms with Gasteiger partial charge in [-0.2, -0.15) is 0 Å². The maximum atomic E-state index is 2.56. The van der Waals surface area contributed by atoms with Crippen LogP contribution in [-0.4, -0.2) is 0 Å². The van der Waals surface area contributed by atoms with Crippen molar-refractivity contribution in [3.05, 3.63) is 118 Å². The second-order valence-electron chi connectivity index (χ2n) is 10.9. The average Bonchev–Trinajstić information content (AvgIpc) is 2.91. The minimum atomic E-state index is 0.489. The summed E-state index contributed by atoms with van der Waals surface area (Å²) < 4.78 is 0. The predicted octanol–water partition coefficient (Wildman–Crippen LogP) is 7.58. The highest BCUT2D eigenvalue weighted by molar-refractivity contribution is 6.02. The van der Waals surface area contributed by atoms with Gasteiger partial charge >= 0.3 is 0 Å². The molecule has 0 nitrogen and oxygen atoms in total. The van der Waals surface area contributed by atoms with Crippen LogP contribution in [0.25, 0.3) is 34.1 Å². The topological polar surface area (TPSA) is 0 Å². The highest BCUT2D eigenvalue weighted by atomic mass is 14.3. The highest BCUT2D eigenvalue weighted by Crippen LogP contribution is 2.40.